The molecule has 8 heteroatoms. The number of pyridine rings is 1. The first-order valence-corrected chi connectivity index (χ1v) is 7.67. The molecule has 21 heavy (non-hydrogen) atoms. The monoisotopic (exact) mass is 364 g/mol. The van der Waals surface area contributed by atoms with Gasteiger partial charge < -0.3 is 0 Å². The van der Waals surface area contributed by atoms with Gasteiger partial charge in [-0.15, -0.1) is 5.10 Å². The highest BCUT2D eigenvalue weighted by Gasteiger charge is 2.28. The van der Waals surface area contributed by atoms with Gasteiger partial charge in [-0.3, -0.25) is 4.57 Å². The molecule has 1 aliphatic rings. The van der Waals surface area contributed by atoms with Crippen LogP contribution in [0.1, 0.15) is 24.6 Å². The van der Waals surface area contributed by atoms with Crippen LogP contribution in [0.2, 0.25) is 5.02 Å². The van der Waals surface area contributed by atoms with Crippen LogP contribution in [-0.2, 0) is 0 Å². The van der Waals surface area contributed by atoms with Crippen LogP contribution in [0.4, 0.5) is 0 Å². The summed E-state index contributed by atoms with van der Waals surface area (Å²) >= 11 is 9.62. The number of nitrogens with zero attached hydrogens (tertiary/aromatic N) is 6. The topological polar surface area (TPSA) is 61.4 Å². The SMILES string of the molecule is Clc1c(Br)ccnc1-n1cc(-n2ccnc2C2CC2)nn1. The summed E-state index contributed by atoms with van der Waals surface area (Å²) in [5.74, 6) is 2.83. The Labute approximate surface area is 133 Å². The minimum Gasteiger partial charge on any atom is -0.285 e. The first-order valence-electron chi connectivity index (χ1n) is 6.50. The molecule has 1 aliphatic carbocycles. The van der Waals surface area contributed by atoms with E-state index in [4.69, 9.17) is 11.6 Å². The van der Waals surface area contributed by atoms with Crippen molar-refractivity contribution in [3.05, 3.63) is 46.2 Å². The number of hydrogen-bond donors (Lipinski definition) is 0. The molecule has 1 saturated carbocycles. The van der Waals surface area contributed by atoms with Crippen molar-refractivity contribution in [2.24, 2.45) is 0 Å². The maximum Gasteiger partial charge on any atom is 0.181 e. The first kappa shape index (κ1) is 13.0. The Hall–Kier alpha value is -1.73. The summed E-state index contributed by atoms with van der Waals surface area (Å²) in [4.78, 5) is 8.65. The largest absolute Gasteiger partial charge is 0.285 e. The number of rotatable bonds is 3. The van der Waals surface area contributed by atoms with Crippen LogP contribution in [0, 0.1) is 0 Å². The summed E-state index contributed by atoms with van der Waals surface area (Å²) in [5.41, 5.74) is 0. The van der Waals surface area contributed by atoms with E-state index in [1.807, 2.05) is 10.8 Å². The molecule has 0 aromatic carbocycles. The van der Waals surface area contributed by atoms with E-state index in [2.05, 4.69) is 36.2 Å². The van der Waals surface area contributed by atoms with Crippen LogP contribution in [0.15, 0.2) is 35.3 Å². The van der Waals surface area contributed by atoms with Crippen molar-refractivity contribution < 1.29 is 0 Å². The lowest BCUT2D eigenvalue weighted by atomic mass is 10.4. The molecule has 0 bridgehead atoms. The third-order valence-electron chi connectivity index (χ3n) is 3.38. The minimum atomic E-state index is 0.502. The fraction of sp³-hybridized carbons (Fsp3) is 0.231. The van der Waals surface area contributed by atoms with Gasteiger partial charge in [-0.05, 0) is 34.8 Å². The number of imidazole rings is 1. The third kappa shape index (κ3) is 2.26. The predicted octanol–water partition coefficient (Wildman–Crippen LogP) is 3.14. The second kappa shape index (κ2) is 4.92. The summed E-state index contributed by atoms with van der Waals surface area (Å²) in [6.45, 7) is 0. The van der Waals surface area contributed by atoms with Crippen molar-refractivity contribution in [3.8, 4) is 11.6 Å². The lowest BCUT2D eigenvalue weighted by Gasteiger charge is -2.03. The molecule has 0 unspecified atom stereocenters. The van der Waals surface area contributed by atoms with Crippen molar-refractivity contribution in [2.75, 3.05) is 0 Å². The third-order valence-corrected chi connectivity index (χ3v) is 4.64. The second-order valence-corrected chi connectivity index (χ2v) is 6.11. The van der Waals surface area contributed by atoms with Crippen molar-refractivity contribution >= 4 is 27.5 Å². The number of halogens is 2. The second-order valence-electron chi connectivity index (χ2n) is 4.88. The fourth-order valence-electron chi connectivity index (χ4n) is 2.19. The molecular formula is C13H10BrClN6. The maximum absolute atomic E-state index is 6.24. The van der Waals surface area contributed by atoms with Crippen molar-refractivity contribution in [3.63, 3.8) is 0 Å². The zero-order valence-corrected chi connectivity index (χ0v) is 13.2. The van der Waals surface area contributed by atoms with Crippen molar-refractivity contribution in [1.82, 2.24) is 29.5 Å². The van der Waals surface area contributed by atoms with E-state index < -0.39 is 0 Å². The van der Waals surface area contributed by atoms with Crippen LogP contribution >= 0.6 is 27.5 Å². The Morgan fingerprint density at radius 3 is 2.90 bits per heavy atom. The van der Waals surface area contributed by atoms with E-state index in [1.54, 1.807) is 29.3 Å². The summed E-state index contributed by atoms with van der Waals surface area (Å²) in [6.07, 6.45) is 9.52. The van der Waals surface area contributed by atoms with E-state index in [9.17, 15) is 0 Å². The van der Waals surface area contributed by atoms with E-state index in [1.165, 1.54) is 12.8 Å². The van der Waals surface area contributed by atoms with Crippen LogP contribution in [0.5, 0.6) is 0 Å². The molecule has 0 radical (unpaired) electrons. The summed E-state index contributed by atoms with van der Waals surface area (Å²) in [5, 5.41) is 8.82. The predicted molar refractivity (Wildman–Crippen MR) is 81.0 cm³/mol. The average Bonchev–Trinajstić information content (AvgIpc) is 3.02. The van der Waals surface area contributed by atoms with E-state index in [0.29, 0.717) is 22.6 Å². The molecule has 3 aromatic heterocycles. The molecule has 106 valence electrons. The van der Waals surface area contributed by atoms with Gasteiger partial charge in [0.15, 0.2) is 11.6 Å². The van der Waals surface area contributed by atoms with Crippen LogP contribution in [-0.4, -0.2) is 29.5 Å². The molecule has 3 aromatic rings. The summed E-state index contributed by atoms with van der Waals surface area (Å²) < 4.78 is 4.30. The van der Waals surface area contributed by atoms with Crippen LogP contribution in [0.25, 0.3) is 11.6 Å². The Balaban J connectivity index is 1.76. The number of aromatic nitrogens is 6. The molecule has 1 fully saturated rings. The van der Waals surface area contributed by atoms with Crippen molar-refractivity contribution in [1.29, 1.82) is 0 Å². The highest BCUT2D eigenvalue weighted by Crippen LogP contribution is 2.39. The van der Waals surface area contributed by atoms with Gasteiger partial charge in [0.1, 0.15) is 5.82 Å². The van der Waals surface area contributed by atoms with Crippen LogP contribution in [0.3, 0.4) is 0 Å². The highest BCUT2D eigenvalue weighted by molar-refractivity contribution is 9.10. The summed E-state index contributed by atoms with van der Waals surface area (Å²) in [7, 11) is 0. The molecule has 0 aliphatic heterocycles. The van der Waals surface area contributed by atoms with E-state index in [0.717, 1.165) is 10.3 Å². The van der Waals surface area contributed by atoms with Gasteiger partial charge in [-0.2, -0.15) is 4.68 Å². The van der Waals surface area contributed by atoms with E-state index in [-0.39, 0.29) is 0 Å². The average molecular weight is 366 g/mol. The van der Waals surface area contributed by atoms with Crippen LogP contribution < -0.4 is 0 Å². The molecule has 3 heterocycles. The summed E-state index contributed by atoms with van der Waals surface area (Å²) in [6, 6.07) is 1.78. The lowest BCUT2D eigenvalue weighted by Crippen LogP contribution is -2.00. The molecule has 4 rings (SSSR count). The Kier molecular flexibility index (Phi) is 3.04. The Bertz CT molecular complexity index is 807. The smallest absolute Gasteiger partial charge is 0.181 e. The van der Waals surface area contributed by atoms with Gasteiger partial charge in [-0.1, -0.05) is 16.8 Å². The van der Waals surface area contributed by atoms with Gasteiger partial charge in [0, 0.05) is 29.0 Å². The first-order chi connectivity index (χ1) is 10.2. The number of hydrogen-bond acceptors (Lipinski definition) is 4. The zero-order chi connectivity index (χ0) is 14.4. The highest BCUT2D eigenvalue weighted by atomic mass is 79.9. The molecule has 0 N–H and O–H groups in total. The maximum atomic E-state index is 6.24. The molecule has 0 spiro atoms. The van der Waals surface area contributed by atoms with Gasteiger partial charge in [0.25, 0.3) is 0 Å². The molecule has 0 amide bonds. The Morgan fingerprint density at radius 1 is 1.24 bits per heavy atom. The normalized spacial score (nSPS) is 14.6. The fourth-order valence-corrected chi connectivity index (χ4v) is 2.68. The van der Waals surface area contributed by atoms with E-state index >= 15 is 0 Å². The van der Waals surface area contributed by atoms with Gasteiger partial charge in [0.05, 0.1) is 11.2 Å². The van der Waals surface area contributed by atoms with Gasteiger partial charge in [-0.25, -0.2) is 9.97 Å². The molecule has 0 atom stereocenters. The van der Waals surface area contributed by atoms with Gasteiger partial charge in [0.2, 0.25) is 0 Å². The lowest BCUT2D eigenvalue weighted by molar-refractivity contribution is 0.775. The Morgan fingerprint density at radius 2 is 2.10 bits per heavy atom. The van der Waals surface area contributed by atoms with Crippen molar-refractivity contribution in [2.45, 2.75) is 18.8 Å². The molecule has 6 nitrogen and oxygen atoms in total. The molecule has 0 saturated heterocycles. The quantitative estimate of drug-likeness (QED) is 0.715. The minimum absolute atomic E-state index is 0.502. The van der Waals surface area contributed by atoms with Gasteiger partial charge >= 0.3 is 0 Å². The molecular weight excluding hydrogens is 356 g/mol. The standard InChI is InChI=1S/C13H10BrClN6/c14-9-3-4-16-13(11(9)15)21-7-10(18-19-21)20-6-5-17-12(20)8-1-2-8/h3-8H,1-2H2. The zero-order valence-electron chi connectivity index (χ0n) is 10.8.